The van der Waals surface area contributed by atoms with Crippen molar-refractivity contribution in [1.29, 1.82) is 0 Å². The fraction of sp³-hybridized carbons (Fsp3) is 0.600. The lowest BCUT2D eigenvalue weighted by Crippen LogP contribution is -2.41. The molecular weight excluding hydrogens is 238 g/mol. The summed E-state index contributed by atoms with van der Waals surface area (Å²) in [5.41, 5.74) is 6.75. The predicted octanol–water partition coefficient (Wildman–Crippen LogP) is 2.70. The molecule has 0 atom stereocenters. The van der Waals surface area contributed by atoms with Crippen LogP contribution in [0.5, 0.6) is 0 Å². The number of pyridine rings is 1. The summed E-state index contributed by atoms with van der Waals surface area (Å²) in [7, 11) is 0. The summed E-state index contributed by atoms with van der Waals surface area (Å²) in [5, 5.41) is 0. The molecule has 0 saturated heterocycles. The summed E-state index contributed by atoms with van der Waals surface area (Å²) in [6.07, 6.45) is 6.26. The van der Waals surface area contributed by atoms with Crippen molar-refractivity contribution >= 4 is 11.6 Å². The minimum atomic E-state index is -0.0151. The summed E-state index contributed by atoms with van der Waals surface area (Å²) >= 11 is 0. The molecule has 1 aromatic heterocycles. The monoisotopic (exact) mass is 261 g/mol. The predicted molar refractivity (Wildman–Crippen MR) is 76.8 cm³/mol. The highest BCUT2D eigenvalue weighted by molar-refractivity contribution is 5.97. The first-order valence-corrected chi connectivity index (χ1v) is 7.11. The average molecular weight is 261 g/mol. The van der Waals surface area contributed by atoms with E-state index in [4.69, 9.17) is 5.73 Å². The molecule has 4 heteroatoms. The highest BCUT2D eigenvalue weighted by Gasteiger charge is 2.29. The molecule has 104 valence electrons. The Bertz CT molecular complexity index is 439. The van der Waals surface area contributed by atoms with Crippen LogP contribution >= 0.6 is 0 Å². The van der Waals surface area contributed by atoms with Gasteiger partial charge < -0.3 is 10.6 Å². The minimum Gasteiger partial charge on any atom is -0.397 e. The van der Waals surface area contributed by atoms with Gasteiger partial charge in [0, 0.05) is 18.8 Å². The molecule has 0 spiro atoms. The van der Waals surface area contributed by atoms with Crippen molar-refractivity contribution in [3.63, 3.8) is 0 Å². The van der Waals surface area contributed by atoms with Crippen molar-refractivity contribution in [2.45, 2.75) is 45.6 Å². The Hall–Kier alpha value is -1.58. The number of nitrogens with zero attached hydrogens (tertiary/aromatic N) is 2. The van der Waals surface area contributed by atoms with Gasteiger partial charge in [-0.3, -0.25) is 4.79 Å². The van der Waals surface area contributed by atoms with Crippen LogP contribution < -0.4 is 5.73 Å². The Morgan fingerprint density at radius 3 is 2.74 bits per heavy atom. The molecule has 0 aromatic carbocycles. The van der Waals surface area contributed by atoms with Crippen LogP contribution in [0, 0.1) is 5.92 Å². The third-order valence-electron chi connectivity index (χ3n) is 3.63. The smallest absolute Gasteiger partial charge is 0.274 e. The number of hydrogen-bond acceptors (Lipinski definition) is 3. The number of nitrogens with two attached hydrogens (primary N) is 1. The maximum atomic E-state index is 12.7. The number of hydrogen-bond donors (Lipinski definition) is 1. The third kappa shape index (κ3) is 3.25. The molecule has 0 unspecified atom stereocenters. The molecule has 1 aliphatic rings. The maximum absolute atomic E-state index is 12.7. The summed E-state index contributed by atoms with van der Waals surface area (Å²) in [4.78, 5) is 18.8. The van der Waals surface area contributed by atoms with Crippen LogP contribution in [0.4, 0.5) is 5.69 Å². The first-order valence-electron chi connectivity index (χ1n) is 7.11. The number of carbonyl (C=O) groups excluding carboxylic acids is 1. The van der Waals surface area contributed by atoms with E-state index in [2.05, 4.69) is 18.8 Å². The Kier molecular flexibility index (Phi) is 4.40. The highest BCUT2D eigenvalue weighted by atomic mass is 16.2. The van der Waals surface area contributed by atoms with Gasteiger partial charge in [0.2, 0.25) is 0 Å². The van der Waals surface area contributed by atoms with Gasteiger partial charge in [-0.25, -0.2) is 4.98 Å². The number of rotatable bonds is 4. The summed E-state index contributed by atoms with van der Waals surface area (Å²) < 4.78 is 0. The molecule has 2 rings (SSSR count). The number of nitrogen functional groups attached to an aromatic ring is 1. The molecule has 0 radical (unpaired) electrons. The van der Waals surface area contributed by atoms with Crippen LogP contribution in [-0.4, -0.2) is 28.4 Å². The van der Waals surface area contributed by atoms with Gasteiger partial charge in [-0.15, -0.1) is 0 Å². The minimum absolute atomic E-state index is 0.0151. The zero-order valence-electron chi connectivity index (χ0n) is 11.8. The first-order chi connectivity index (χ1) is 9.09. The van der Waals surface area contributed by atoms with E-state index in [9.17, 15) is 4.79 Å². The molecule has 4 nitrogen and oxygen atoms in total. The van der Waals surface area contributed by atoms with Crippen LogP contribution in [0.15, 0.2) is 18.3 Å². The maximum Gasteiger partial charge on any atom is 0.274 e. The molecule has 0 aliphatic heterocycles. The van der Waals surface area contributed by atoms with E-state index in [1.807, 2.05) is 4.90 Å². The zero-order chi connectivity index (χ0) is 13.8. The van der Waals surface area contributed by atoms with Gasteiger partial charge in [0.25, 0.3) is 5.91 Å². The SMILES string of the molecule is CC(C)CN(C(=O)c1ncccc1N)C1CCCC1. The fourth-order valence-electron chi connectivity index (χ4n) is 2.74. The summed E-state index contributed by atoms with van der Waals surface area (Å²) in [6, 6.07) is 3.85. The molecular formula is C15H23N3O. The fourth-order valence-corrected chi connectivity index (χ4v) is 2.74. The van der Waals surface area contributed by atoms with Crippen molar-refractivity contribution < 1.29 is 4.79 Å². The lowest BCUT2D eigenvalue weighted by molar-refractivity contribution is 0.0650. The summed E-state index contributed by atoms with van der Waals surface area (Å²) in [6.45, 7) is 5.05. The average Bonchev–Trinajstić information content (AvgIpc) is 2.89. The molecule has 1 aliphatic carbocycles. The number of carbonyl (C=O) groups is 1. The quantitative estimate of drug-likeness (QED) is 0.906. The van der Waals surface area contributed by atoms with E-state index in [-0.39, 0.29) is 5.91 Å². The van der Waals surface area contributed by atoms with Crippen molar-refractivity contribution in [3.05, 3.63) is 24.0 Å². The second-order valence-electron chi connectivity index (χ2n) is 5.73. The van der Waals surface area contributed by atoms with Gasteiger partial charge in [-0.2, -0.15) is 0 Å². The lowest BCUT2D eigenvalue weighted by atomic mass is 10.1. The topological polar surface area (TPSA) is 59.2 Å². The standard InChI is InChI=1S/C15H23N3O/c1-11(2)10-18(12-6-3-4-7-12)15(19)14-13(16)8-5-9-17-14/h5,8-9,11-12H,3-4,6-7,10,16H2,1-2H3. The van der Waals surface area contributed by atoms with Gasteiger partial charge in [-0.05, 0) is 30.9 Å². The van der Waals surface area contributed by atoms with Crippen LogP contribution in [-0.2, 0) is 0 Å². The molecule has 0 bridgehead atoms. The molecule has 19 heavy (non-hydrogen) atoms. The Morgan fingerprint density at radius 1 is 1.47 bits per heavy atom. The number of aromatic nitrogens is 1. The van der Waals surface area contributed by atoms with Gasteiger partial charge >= 0.3 is 0 Å². The molecule has 2 N–H and O–H groups in total. The van der Waals surface area contributed by atoms with E-state index in [1.54, 1.807) is 18.3 Å². The first kappa shape index (κ1) is 13.8. The van der Waals surface area contributed by atoms with Crippen LogP contribution in [0.1, 0.15) is 50.0 Å². The van der Waals surface area contributed by atoms with Crippen LogP contribution in [0.25, 0.3) is 0 Å². The Labute approximate surface area is 115 Å². The molecule has 1 saturated carbocycles. The third-order valence-corrected chi connectivity index (χ3v) is 3.63. The number of amides is 1. The van der Waals surface area contributed by atoms with E-state index < -0.39 is 0 Å². The molecule has 1 amide bonds. The Balaban J connectivity index is 2.22. The Morgan fingerprint density at radius 2 is 2.16 bits per heavy atom. The molecule has 1 aromatic rings. The second-order valence-corrected chi connectivity index (χ2v) is 5.73. The highest BCUT2D eigenvalue weighted by Crippen LogP contribution is 2.26. The van der Waals surface area contributed by atoms with Gasteiger partial charge in [-0.1, -0.05) is 26.7 Å². The van der Waals surface area contributed by atoms with Crippen molar-refractivity contribution in [2.75, 3.05) is 12.3 Å². The largest absolute Gasteiger partial charge is 0.397 e. The van der Waals surface area contributed by atoms with Gasteiger partial charge in [0.1, 0.15) is 0 Å². The lowest BCUT2D eigenvalue weighted by Gasteiger charge is -2.30. The molecule has 1 heterocycles. The van der Waals surface area contributed by atoms with Crippen molar-refractivity contribution in [1.82, 2.24) is 9.88 Å². The number of anilines is 1. The second kappa shape index (κ2) is 6.04. The normalized spacial score (nSPS) is 15.9. The van der Waals surface area contributed by atoms with Crippen molar-refractivity contribution in [2.24, 2.45) is 5.92 Å². The molecule has 1 fully saturated rings. The van der Waals surface area contributed by atoms with Gasteiger partial charge in [0.05, 0.1) is 5.69 Å². The zero-order valence-corrected chi connectivity index (χ0v) is 11.8. The van der Waals surface area contributed by atoms with Crippen LogP contribution in [0.3, 0.4) is 0 Å². The van der Waals surface area contributed by atoms with E-state index in [1.165, 1.54) is 12.8 Å². The van der Waals surface area contributed by atoms with E-state index in [0.717, 1.165) is 19.4 Å². The van der Waals surface area contributed by atoms with Gasteiger partial charge in [0.15, 0.2) is 5.69 Å². The summed E-state index contributed by atoms with van der Waals surface area (Å²) in [5.74, 6) is 0.438. The van der Waals surface area contributed by atoms with E-state index >= 15 is 0 Å². The van der Waals surface area contributed by atoms with Crippen molar-refractivity contribution in [3.8, 4) is 0 Å². The van der Waals surface area contributed by atoms with Crippen LogP contribution in [0.2, 0.25) is 0 Å². The van der Waals surface area contributed by atoms with E-state index in [0.29, 0.717) is 23.3 Å².